The number of hydrogen-bond acceptors (Lipinski definition) is 4. The zero-order valence-corrected chi connectivity index (χ0v) is 13.6. The number of nitrogens with zero attached hydrogens (tertiary/aromatic N) is 1. The van der Waals surface area contributed by atoms with Gasteiger partial charge < -0.3 is 9.73 Å². The zero-order valence-electron chi connectivity index (χ0n) is 12.8. The number of benzene rings is 1. The van der Waals surface area contributed by atoms with Crippen LogP contribution in [0.5, 0.6) is 0 Å². The van der Waals surface area contributed by atoms with E-state index in [0.717, 1.165) is 22.4 Å². The first-order valence-electron chi connectivity index (χ1n) is 6.82. The number of aryl methyl sites for hydroxylation is 4. The standard InChI is InChI=1S/C16H22N2OS/c1-10-6-7-11(2)14(8-10)15(17-5)9-20-16-18-12(3)13(4)19-16/h6-8,15,17H,9H2,1-5H3. The van der Waals surface area contributed by atoms with E-state index >= 15 is 0 Å². The molecule has 0 aliphatic carbocycles. The quantitative estimate of drug-likeness (QED) is 0.846. The fourth-order valence-corrected chi connectivity index (χ4v) is 3.16. The molecule has 1 aromatic carbocycles. The van der Waals surface area contributed by atoms with Gasteiger partial charge in [-0.05, 0) is 45.9 Å². The van der Waals surface area contributed by atoms with E-state index in [9.17, 15) is 0 Å². The van der Waals surface area contributed by atoms with Crippen LogP contribution in [0.4, 0.5) is 0 Å². The summed E-state index contributed by atoms with van der Waals surface area (Å²) in [6.07, 6.45) is 0. The number of oxazole rings is 1. The second-order valence-corrected chi connectivity index (χ2v) is 6.10. The normalized spacial score (nSPS) is 12.7. The minimum absolute atomic E-state index is 0.299. The van der Waals surface area contributed by atoms with Gasteiger partial charge >= 0.3 is 0 Å². The maximum atomic E-state index is 5.62. The molecule has 108 valence electrons. The third kappa shape index (κ3) is 3.44. The van der Waals surface area contributed by atoms with Crippen molar-refractivity contribution in [2.24, 2.45) is 0 Å². The predicted molar refractivity (Wildman–Crippen MR) is 84.4 cm³/mol. The van der Waals surface area contributed by atoms with Crippen LogP contribution in [0.3, 0.4) is 0 Å². The molecule has 0 aliphatic heterocycles. The first-order valence-corrected chi connectivity index (χ1v) is 7.81. The Bertz CT molecular complexity index is 573. The van der Waals surface area contributed by atoms with Gasteiger partial charge in [-0.2, -0.15) is 0 Å². The highest BCUT2D eigenvalue weighted by Crippen LogP contribution is 2.27. The lowest BCUT2D eigenvalue weighted by Gasteiger charge is -2.18. The Morgan fingerprint density at radius 2 is 2.00 bits per heavy atom. The van der Waals surface area contributed by atoms with Crippen molar-refractivity contribution in [1.82, 2.24) is 10.3 Å². The molecule has 2 rings (SSSR count). The number of nitrogens with one attached hydrogen (secondary N) is 1. The van der Waals surface area contributed by atoms with Gasteiger partial charge in [-0.1, -0.05) is 35.5 Å². The van der Waals surface area contributed by atoms with Crippen LogP contribution < -0.4 is 5.32 Å². The number of hydrogen-bond donors (Lipinski definition) is 1. The van der Waals surface area contributed by atoms with E-state index in [2.05, 4.69) is 42.3 Å². The van der Waals surface area contributed by atoms with Gasteiger partial charge in [0.1, 0.15) is 5.76 Å². The molecule has 1 aromatic heterocycles. The molecule has 1 unspecified atom stereocenters. The maximum Gasteiger partial charge on any atom is 0.256 e. The van der Waals surface area contributed by atoms with Crippen LogP contribution in [0, 0.1) is 27.7 Å². The lowest BCUT2D eigenvalue weighted by Crippen LogP contribution is -2.19. The summed E-state index contributed by atoms with van der Waals surface area (Å²) in [6.45, 7) is 8.21. The summed E-state index contributed by atoms with van der Waals surface area (Å²) in [4.78, 5) is 4.42. The molecule has 0 spiro atoms. The summed E-state index contributed by atoms with van der Waals surface area (Å²) >= 11 is 1.66. The molecule has 0 saturated carbocycles. The summed E-state index contributed by atoms with van der Waals surface area (Å²) < 4.78 is 5.62. The highest BCUT2D eigenvalue weighted by atomic mass is 32.2. The summed E-state index contributed by atoms with van der Waals surface area (Å²) in [7, 11) is 2.00. The van der Waals surface area contributed by atoms with Crippen molar-refractivity contribution in [1.29, 1.82) is 0 Å². The van der Waals surface area contributed by atoms with E-state index < -0.39 is 0 Å². The Morgan fingerprint density at radius 1 is 1.25 bits per heavy atom. The Balaban J connectivity index is 2.11. The Kier molecular flexibility index (Phi) is 4.89. The van der Waals surface area contributed by atoms with Crippen molar-refractivity contribution in [3.8, 4) is 0 Å². The van der Waals surface area contributed by atoms with Gasteiger partial charge in [-0.3, -0.25) is 0 Å². The van der Waals surface area contributed by atoms with Crippen LogP contribution in [-0.4, -0.2) is 17.8 Å². The SMILES string of the molecule is CNC(CSc1nc(C)c(C)o1)c1cc(C)ccc1C. The topological polar surface area (TPSA) is 38.1 Å². The van der Waals surface area contributed by atoms with Crippen molar-refractivity contribution in [3.05, 3.63) is 46.3 Å². The highest BCUT2D eigenvalue weighted by molar-refractivity contribution is 7.99. The van der Waals surface area contributed by atoms with Crippen LogP contribution in [0.2, 0.25) is 0 Å². The van der Waals surface area contributed by atoms with Gasteiger partial charge in [0.15, 0.2) is 0 Å². The largest absolute Gasteiger partial charge is 0.437 e. The van der Waals surface area contributed by atoms with Crippen molar-refractivity contribution in [2.75, 3.05) is 12.8 Å². The molecule has 1 heterocycles. The van der Waals surface area contributed by atoms with Gasteiger partial charge in [-0.15, -0.1) is 0 Å². The Labute approximate surface area is 125 Å². The van der Waals surface area contributed by atoms with Crippen molar-refractivity contribution >= 4 is 11.8 Å². The Hall–Kier alpha value is -1.26. The van der Waals surface area contributed by atoms with E-state index in [4.69, 9.17) is 4.42 Å². The maximum absolute atomic E-state index is 5.62. The second kappa shape index (κ2) is 6.46. The molecule has 0 fully saturated rings. The number of rotatable bonds is 5. The average Bonchev–Trinajstić information content (AvgIpc) is 2.73. The van der Waals surface area contributed by atoms with E-state index in [-0.39, 0.29) is 0 Å². The van der Waals surface area contributed by atoms with Gasteiger partial charge in [0.2, 0.25) is 0 Å². The lowest BCUT2D eigenvalue weighted by atomic mass is 10.0. The molecule has 4 heteroatoms. The number of aromatic nitrogens is 1. The molecule has 3 nitrogen and oxygen atoms in total. The highest BCUT2D eigenvalue weighted by Gasteiger charge is 2.15. The first kappa shape index (κ1) is 15.1. The van der Waals surface area contributed by atoms with E-state index in [1.807, 2.05) is 20.9 Å². The third-order valence-electron chi connectivity index (χ3n) is 3.54. The van der Waals surface area contributed by atoms with Crippen LogP contribution in [0.25, 0.3) is 0 Å². The molecule has 20 heavy (non-hydrogen) atoms. The smallest absolute Gasteiger partial charge is 0.256 e. The van der Waals surface area contributed by atoms with Gasteiger partial charge in [0.05, 0.1) is 5.69 Å². The zero-order chi connectivity index (χ0) is 14.7. The van der Waals surface area contributed by atoms with Crippen molar-refractivity contribution < 1.29 is 4.42 Å². The molecule has 2 aromatic rings. The minimum atomic E-state index is 0.299. The summed E-state index contributed by atoms with van der Waals surface area (Å²) in [5, 5.41) is 4.14. The fourth-order valence-electron chi connectivity index (χ4n) is 2.12. The van der Waals surface area contributed by atoms with E-state index in [1.54, 1.807) is 11.8 Å². The fraction of sp³-hybridized carbons (Fsp3) is 0.438. The van der Waals surface area contributed by atoms with Gasteiger partial charge in [0.25, 0.3) is 5.22 Å². The molecule has 0 amide bonds. The molecular formula is C16H22N2OS. The lowest BCUT2D eigenvalue weighted by molar-refractivity contribution is 0.430. The number of thioether (sulfide) groups is 1. The first-order chi connectivity index (χ1) is 9.51. The van der Waals surface area contributed by atoms with Crippen LogP contribution in [0.1, 0.15) is 34.2 Å². The molecule has 1 N–H and O–H groups in total. The Morgan fingerprint density at radius 3 is 2.60 bits per heavy atom. The summed E-state index contributed by atoms with van der Waals surface area (Å²) in [5.41, 5.74) is 4.93. The molecule has 0 saturated heterocycles. The third-order valence-corrected chi connectivity index (χ3v) is 4.46. The summed E-state index contributed by atoms with van der Waals surface area (Å²) in [6, 6.07) is 6.88. The monoisotopic (exact) mass is 290 g/mol. The van der Waals surface area contributed by atoms with Gasteiger partial charge in [0, 0.05) is 11.8 Å². The minimum Gasteiger partial charge on any atom is -0.437 e. The van der Waals surface area contributed by atoms with Crippen LogP contribution in [0.15, 0.2) is 27.8 Å². The second-order valence-electron chi connectivity index (χ2n) is 5.13. The molecular weight excluding hydrogens is 268 g/mol. The van der Waals surface area contributed by atoms with Crippen LogP contribution in [-0.2, 0) is 0 Å². The predicted octanol–water partition coefficient (Wildman–Crippen LogP) is 3.96. The molecule has 0 aliphatic rings. The van der Waals surface area contributed by atoms with E-state index in [0.29, 0.717) is 6.04 Å². The van der Waals surface area contributed by atoms with E-state index in [1.165, 1.54) is 16.7 Å². The molecule has 0 bridgehead atoms. The molecule has 0 radical (unpaired) electrons. The van der Waals surface area contributed by atoms with Crippen molar-refractivity contribution in [3.63, 3.8) is 0 Å². The van der Waals surface area contributed by atoms with Crippen molar-refractivity contribution in [2.45, 2.75) is 39.0 Å². The average molecular weight is 290 g/mol. The molecule has 1 atom stereocenters. The van der Waals surface area contributed by atoms with Gasteiger partial charge in [-0.25, -0.2) is 4.98 Å². The summed E-state index contributed by atoms with van der Waals surface area (Å²) in [5.74, 6) is 1.81. The van der Waals surface area contributed by atoms with Crippen LogP contribution >= 0.6 is 11.8 Å².